The first-order chi connectivity index (χ1) is 13.7. The molecule has 0 bridgehead atoms. The molecule has 0 aliphatic heterocycles. The molecular weight excluding hydrogens is 368 g/mol. The van der Waals surface area contributed by atoms with Gasteiger partial charge in [0.15, 0.2) is 5.13 Å². The fourth-order valence-corrected chi connectivity index (χ4v) is 4.06. The number of para-hydroxylation sites is 1. The minimum absolute atomic E-state index is 0.379. The van der Waals surface area contributed by atoms with Gasteiger partial charge in [-0.05, 0) is 41.5 Å². The van der Waals surface area contributed by atoms with E-state index >= 15 is 0 Å². The van der Waals surface area contributed by atoms with E-state index in [0.717, 1.165) is 32.5 Å². The molecule has 5 aromatic rings. The number of rotatable bonds is 3. The number of aromatic nitrogens is 1. The predicted octanol–water partition coefficient (Wildman–Crippen LogP) is 6.12. The summed E-state index contributed by atoms with van der Waals surface area (Å²) in [6, 6.07) is 21.8. The van der Waals surface area contributed by atoms with Crippen molar-refractivity contribution in [3.63, 3.8) is 0 Å². The van der Waals surface area contributed by atoms with E-state index in [1.165, 1.54) is 11.3 Å². The molecule has 3 aromatic carbocycles. The highest BCUT2D eigenvalue weighted by Crippen LogP contribution is 2.30. The van der Waals surface area contributed by atoms with Crippen molar-refractivity contribution in [3.8, 4) is 11.3 Å². The molecule has 4 nitrogen and oxygen atoms in total. The summed E-state index contributed by atoms with van der Waals surface area (Å²) >= 11 is 1.46. The molecule has 0 saturated heterocycles. The number of benzene rings is 3. The second-order valence-electron chi connectivity index (χ2n) is 6.62. The first-order valence-electron chi connectivity index (χ1n) is 8.93. The largest absolute Gasteiger partial charge is 0.422 e. The Kier molecular flexibility index (Phi) is 3.95. The Balaban J connectivity index is 1.60. The van der Waals surface area contributed by atoms with Gasteiger partial charge in [-0.15, -0.1) is 11.3 Å². The molecule has 1 N–H and O–H groups in total. The lowest BCUT2D eigenvalue weighted by atomic mass is 10.0. The van der Waals surface area contributed by atoms with Crippen LogP contribution in [-0.4, -0.2) is 4.98 Å². The van der Waals surface area contributed by atoms with Crippen LogP contribution in [0.5, 0.6) is 0 Å². The maximum atomic E-state index is 12.6. The maximum absolute atomic E-state index is 12.6. The zero-order valence-electron chi connectivity index (χ0n) is 15.1. The van der Waals surface area contributed by atoms with Gasteiger partial charge in [0.2, 0.25) is 0 Å². The van der Waals surface area contributed by atoms with Crippen LogP contribution in [0.3, 0.4) is 0 Å². The average molecular weight is 384 g/mol. The Morgan fingerprint density at radius 3 is 2.68 bits per heavy atom. The van der Waals surface area contributed by atoms with E-state index < -0.39 is 0 Å². The number of fused-ring (bicyclic) bond motifs is 3. The molecule has 5 rings (SSSR count). The second kappa shape index (κ2) is 6.62. The number of hydrogen-bond acceptors (Lipinski definition) is 5. The normalized spacial score (nSPS) is 11.2. The molecule has 0 atom stereocenters. The number of thiazole rings is 1. The van der Waals surface area contributed by atoms with E-state index in [2.05, 4.69) is 10.3 Å². The molecule has 0 radical (unpaired) electrons. The fourth-order valence-electron chi connectivity index (χ4n) is 3.33. The highest BCUT2D eigenvalue weighted by Gasteiger charge is 2.13. The van der Waals surface area contributed by atoms with Gasteiger partial charge < -0.3 is 9.73 Å². The first kappa shape index (κ1) is 16.7. The molecule has 28 heavy (non-hydrogen) atoms. The van der Waals surface area contributed by atoms with Crippen molar-refractivity contribution in [2.75, 3.05) is 5.32 Å². The lowest BCUT2D eigenvalue weighted by molar-refractivity contribution is 0.563. The SMILES string of the molecule is Cc1ccccc1Nc1nc(-c2cc3c(ccc4ccccc43)oc2=O)cs1. The van der Waals surface area contributed by atoms with Crippen molar-refractivity contribution in [1.82, 2.24) is 4.98 Å². The quantitative estimate of drug-likeness (QED) is 0.301. The van der Waals surface area contributed by atoms with Crippen LogP contribution in [0.1, 0.15) is 5.56 Å². The van der Waals surface area contributed by atoms with Crippen molar-refractivity contribution in [3.05, 3.63) is 88.1 Å². The van der Waals surface area contributed by atoms with Crippen LogP contribution in [0.25, 0.3) is 33.0 Å². The van der Waals surface area contributed by atoms with Crippen molar-refractivity contribution >= 4 is 43.9 Å². The summed E-state index contributed by atoms with van der Waals surface area (Å²) in [5.74, 6) is 0. The number of aryl methyl sites for hydroxylation is 1. The summed E-state index contributed by atoms with van der Waals surface area (Å²) in [7, 11) is 0. The Hall–Kier alpha value is -3.44. The molecule has 0 unspecified atom stereocenters. The van der Waals surface area contributed by atoms with Crippen LogP contribution in [0.4, 0.5) is 10.8 Å². The topological polar surface area (TPSA) is 55.1 Å². The van der Waals surface area contributed by atoms with Crippen LogP contribution in [0.15, 0.2) is 81.3 Å². The molecule has 2 aromatic heterocycles. The minimum Gasteiger partial charge on any atom is -0.422 e. The van der Waals surface area contributed by atoms with Gasteiger partial charge in [0.25, 0.3) is 0 Å². The zero-order valence-corrected chi connectivity index (χ0v) is 15.9. The van der Waals surface area contributed by atoms with Crippen LogP contribution in [0, 0.1) is 6.92 Å². The fraction of sp³-hybridized carbons (Fsp3) is 0.0435. The summed E-state index contributed by atoms with van der Waals surface area (Å²) in [4.78, 5) is 17.2. The predicted molar refractivity (Wildman–Crippen MR) is 116 cm³/mol. The van der Waals surface area contributed by atoms with Crippen molar-refractivity contribution in [2.45, 2.75) is 6.92 Å². The summed E-state index contributed by atoms with van der Waals surface area (Å²) < 4.78 is 5.59. The molecule has 2 heterocycles. The van der Waals surface area contributed by atoms with Gasteiger partial charge in [0.05, 0.1) is 11.3 Å². The Morgan fingerprint density at radius 2 is 1.79 bits per heavy atom. The van der Waals surface area contributed by atoms with E-state index in [4.69, 9.17) is 4.42 Å². The van der Waals surface area contributed by atoms with Gasteiger partial charge >= 0.3 is 5.63 Å². The first-order valence-corrected chi connectivity index (χ1v) is 9.81. The van der Waals surface area contributed by atoms with E-state index in [-0.39, 0.29) is 5.63 Å². The van der Waals surface area contributed by atoms with Gasteiger partial charge in [-0.25, -0.2) is 9.78 Å². The van der Waals surface area contributed by atoms with Crippen LogP contribution < -0.4 is 10.9 Å². The third-order valence-electron chi connectivity index (χ3n) is 4.81. The molecule has 0 aliphatic carbocycles. The van der Waals surface area contributed by atoms with Gasteiger partial charge in [-0.2, -0.15) is 0 Å². The zero-order chi connectivity index (χ0) is 19.1. The van der Waals surface area contributed by atoms with Gasteiger partial charge in [-0.3, -0.25) is 0 Å². The summed E-state index contributed by atoms with van der Waals surface area (Å²) in [5, 5.41) is 9.01. The standard InChI is InChI=1S/C23H16N2O2S/c1-14-6-2-5-9-19(14)24-23-25-20(13-28-23)18-12-17-16-8-4-3-7-15(16)10-11-21(17)27-22(18)26/h2-13H,1H3,(H,24,25). The molecule has 0 spiro atoms. The second-order valence-corrected chi connectivity index (χ2v) is 7.48. The molecule has 5 heteroatoms. The van der Waals surface area contributed by atoms with Crippen molar-refractivity contribution < 1.29 is 4.42 Å². The Bertz CT molecular complexity index is 1380. The molecule has 0 saturated carbocycles. The molecule has 136 valence electrons. The number of nitrogens with zero attached hydrogens (tertiary/aromatic N) is 1. The third kappa shape index (κ3) is 2.86. The van der Waals surface area contributed by atoms with Crippen LogP contribution in [-0.2, 0) is 0 Å². The average Bonchev–Trinajstić information content (AvgIpc) is 3.17. The number of nitrogens with one attached hydrogen (secondary N) is 1. The smallest absolute Gasteiger partial charge is 0.345 e. The summed E-state index contributed by atoms with van der Waals surface area (Å²) in [6.45, 7) is 2.04. The lowest BCUT2D eigenvalue weighted by Gasteiger charge is -2.06. The molecule has 0 aliphatic rings. The molecule has 0 fully saturated rings. The van der Waals surface area contributed by atoms with Crippen LogP contribution in [0.2, 0.25) is 0 Å². The van der Waals surface area contributed by atoms with Crippen molar-refractivity contribution in [2.24, 2.45) is 0 Å². The highest BCUT2D eigenvalue weighted by molar-refractivity contribution is 7.14. The highest BCUT2D eigenvalue weighted by atomic mass is 32.1. The van der Waals surface area contributed by atoms with E-state index in [1.807, 2.05) is 79.0 Å². The third-order valence-corrected chi connectivity index (χ3v) is 5.57. The van der Waals surface area contributed by atoms with E-state index in [1.54, 1.807) is 0 Å². The number of hydrogen-bond donors (Lipinski definition) is 1. The lowest BCUT2D eigenvalue weighted by Crippen LogP contribution is -2.03. The van der Waals surface area contributed by atoms with Crippen molar-refractivity contribution in [1.29, 1.82) is 0 Å². The Morgan fingerprint density at radius 1 is 0.964 bits per heavy atom. The van der Waals surface area contributed by atoms with Gasteiger partial charge in [-0.1, -0.05) is 48.5 Å². The van der Waals surface area contributed by atoms with Crippen LogP contribution >= 0.6 is 11.3 Å². The number of anilines is 2. The minimum atomic E-state index is -0.379. The van der Waals surface area contributed by atoms with E-state index in [0.29, 0.717) is 16.8 Å². The molecular formula is C23H16N2O2S. The van der Waals surface area contributed by atoms with E-state index in [9.17, 15) is 4.79 Å². The maximum Gasteiger partial charge on any atom is 0.345 e. The van der Waals surface area contributed by atoms with Gasteiger partial charge in [0, 0.05) is 16.5 Å². The summed E-state index contributed by atoms with van der Waals surface area (Å²) in [5.41, 5.74) is 3.43. The molecule has 0 amide bonds. The Labute approximate surface area is 165 Å². The summed E-state index contributed by atoms with van der Waals surface area (Å²) in [6.07, 6.45) is 0. The van der Waals surface area contributed by atoms with Gasteiger partial charge in [0.1, 0.15) is 5.58 Å². The monoisotopic (exact) mass is 384 g/mol.